The summed E-state index contributed by atoms with van der Waals surface area (Å²) >= 11 is 0. The molecule has 0 saturated carbocycles. The number of ether oxygens (including phenoxy) is 2. The first-order chi connectivity index (χ1) is 12.2. The summed E-state index contributed by atoms with van der Waals surface area (Å²) in [5.74, 6) is 1.55. The quantitative estimate of drug-likeness (QED) is 0.895. The highest BCUT2D eigenvalue weighted by molar-refractivity contribution is 5.89. The minimum absolute atomic E-state index is 0.0544. The van der Waals surface area contributed by atoms with Crippen molar-refractivity contribution in [2.45, 2.75) is 25.8 Å². The maximum atomic E-state index is 12.7. The van der Waals surface area contributed by atoms with Gasteiger partial charge in [-0.3, -0.25) is 0 Å². The van der Waals surface area contributed by atoms with Crippen LogP contribution in [0.15, 0.2) is 42.5 Å². The molecular formula is C20H22N2O3. The average Bonchev–Trinajstić information content (AvgIpc) is 3.13. The lowest BCUT2D eigenvalue weighted by Gasteiger charge is -2.27. The third kappa shape index (κ3) is 3.27. The zero-order chi connectivity index (χ0) is 17.2. The van der Waals surface area contributed by atoms with Crippen LogP contribution in [-0.4, -0.2) is 30.7 Å². The highest BCUT2D eigenvalue weighted by Gasteiger charge is 2.31. The maximum Gasteiger partial charge on any atom is 0.322 e. The average molecular weight is 338 g/mol. The fourth-order valence-corrected chi connectivity index (χ4v) is 3.46. The summed E-state index contributed by atoms with van der Waals surface area (Å²) in [6, 6.07) is 13.9. The number of nitrogens with zero attached hydrogens (tertiary/aromatic N) is 1. The van der Waals surface area contributed by atoms with Crippen molar-refractivity contribution >= 4 is 11.7 Å². The molecule has 2 heterocycles. The van der Waals surface area contributed by atoms with Crippen LogP contribution in [0.2, 0.25) is 0 Å². The third-order valence-corrected chi connectivity index (χ3v) is 4.77. The van der Waals surface area contributed by atoms with Crippen LogP contribution in [-0.2, 0) is 0 Å². The monoisotopic (exact) mass is 338 g/mol. The van der Waals surface area contributed by atoms with Gasteiger partial charge < -0.3 is 19.7 Å². The largest absolute Gasteiger partial charge is 0.486 e. The van der Waals surface area contributed by atoms with Crippen molar-refractivity contribution in [3.8, 4) is 11.5 Å². The van der Waals surface area contributed by atoms with Crippen LogP contribution < -0.4 is 14.8 Å². The molecule has 2 aromatic rings. The van der Waals surface area contributed by atoms with Crippen molar-refractivity contribution in [1.29, 1.82) is 0 Å². The molecule has 0 aliphatic carbocycles. The molecule has 1 atom stereocenters. The van der Waals surface area contributed by atoms with Gasteiger partial charge in [-0.15, -0.1) is 0 Å². The number of fused-ring (bicyclic) bond motifs is 1. The second kappa shape index (κ2) is 6.67. The first kappa shape index (κ1) is 15.8. The second-order valence-corrected chi connectivity index (χ2v) is 6.55. The van der Waals surface area contributed by atoms with E-state index in [0.29, 0.717) is 13.2 Å². The van der Waals surface area contributed by atoms with Crippen LogP contribution in [0.3, 0.4) is 0 Å². The van der Waals surface area contributed by atoms with Crippen LogP contribution >= 0.6 is 0 Å². The molecule has 0 unspecified atom stereocenters. The molecule has 0 bridgehead atoms. The number of carbonyl (C=O) groups is 1. The number of carbonyl (C=O) groups excluding carboxylic acids is 1. The molecule has 1 N–H and O–H groups in total. The SMILES string of the molecule is Cc1ccc(NC(=O)N2CCC[C@H]2c2ccc3c(c2)OCCO3)cc1. The highest BCUT2D eigenvalue weighted by Crippen LogP contribution is 2.38. The summed E-state index contributed by atoms with van der Waals surface area (Å²) in [5.41, 5.74) is 3.09. The first-order valence-corrected chi connectivity index (χ1v) is 8.74. The van der Waals surface area contributed by atoms with Gasteiger partial charge in [0.05, 0.1) is 6.04 Å². The van der Waals surface area contributed by atoms with Crippen molar-refractivity contribution < 1.29 is 14.3 Å². The predicted molar refractivity (Wildman–Crippen MR) is 96.3 cm³/mol. The van der Waals surface area contributed by atoms with Crippen LogP contribution in [0.25, 0.3) is 0 Å². The number of aryl methyl sites for hydroxylation is 1. The van der Waals surface area contributed by atoms with Crippen LogP contribution in [0, 0.1) is 6.92 Å². The lowest BCUT2D eigenvalue weighted by molar-refractivity contribution is 0.170. The summed E-state index contributed by atoms with van der Waals surface area (Å²) in [7, 11) is 0. The molecule has 0 spiro atoms. The van der Waals surface area contributed by atoms with Crippen LogP contribution in [0.4, 0.5) is 10.5 Å². The minimum Gasteiger partial charge on any atom is -0.486 e. The molecule has 0 radical (unpaired) electrons. The minimum atomic E-state index is -0.0544. The van der Waals surface area contributed by atoms with Crippen molar-refractivity contribution in [3.63, 3.8) is 0 Å². The van der Waals surface area contributed by atoms with E-state index in [0.717, 1.165) is 42.1 Å². The molecule has 25 heavy (non-hydrogen) atoms. The molecule has 1 saturated heterocycles. The molecule has 5 nitrogen and oxygen atoms in total. The third-order valence-electron chi connectivity index (χ3n) is 4.77. The fraction of sp³-hybridized carbons (Fsp3) is 0.350. The summed E-state index contributed by atoms with van der Waals surface area (Å²) in [5, 5.41) is 3.00. The Morgan fingerprint density at radius 3 is 2.64 bits per heavy atom. The molecule has 4 rings (SSSR count). The van der Waals surface area contributed by atoms with Gasteiger partial charge >= 0.3 is 6.03 Å². The summed E-state index contributed by atoms with van der Waals surface area (Å²) < 4.78 is 11.3. The van der Waals surface area contributed by atoms with Gasteiger partial charge in [0.1, 0.15) is 13.2 Å². The molecule has 130 valence electrons. The number of amides is 2. The van der Waals surface area contributed by atoms with E-state index in [9.17, 15) is 4.79 Å². The van der Waals surface area contributed by atoms with E-state index in [4.69, 9.17) is 9.47 Å². The number of likely N-dealkylation sites (tertiary alicyclic amines) is 1. The number of urea groups is 1. The maximum absolute atomic E-state index is 12.7. The second-order valence-electron chi connectivity index (χ2n) is 6.55. The van der Waals surface area contributed by atoms with E-state index in [1.165, 1.54) is 5.56 Å². The Bertz CT molecular complexity index is 773. The van der Waals surface area contributed by atoms with Crippen molar-refractivity contribution in [2.75, 3.05) is 25.1 Å². The van der Waals surface area contributed by atoms with Gasteiger partial charge in [-0.1, -0.05) is 23.8 Å². The highest BCUT2D eigenvalue weighted by atomic mass is 16.6. The first-order valence-electron chi connectivity index (χ1n) is 8.74. The smallest absolute Gasteiger partial charge is 0.322 e. The molecule has 2 aliphatic heterocycles. The topological polar surface area (TPSA) is 50.8 Å². The molecule has 2 aromatic carbocycles. The summed E-state index contributed by atoms with van der Waals surface area (Å²) in [4.78, 5) is 14.6. The number of hydrogen-bond acceptors (Lipinski definition) is 3. The van der Waals surface area contributed by atoms with E-state index < -0.39 is 0 Å². The number of nitrogens with one attached hydrogen (secondary N) is 1. The summed E-state index contributed by atoms with van der Waals surface area (Å²) in [6.45, 7) is 3.94. The Hall–Kier alpha value is -2.69. The number of benzene rings is 2. The number of rotatable bonds is 2. The van der Waals surface area contributed by atoms with Crippen molar-refractivity contribution in [1.82, 2.24) is 4.90 Å². The van der Waals surface area contributed by atoms with Crippen LogP contribution in [0.1, 0.15) is 30.0 Å². The lowest BCUT2D eigenvalue weighted by atomic mass is 10.0. The van der Waals surface area contributed by atoms with Gasteiger partial charge in [0.2, 0.25) is 0 Å². The van der Waals surface area contributed by atoms with Gasteiger partial charge in [-0.25, -0.2) is 4.79 Å². The van der Waals surface area contributed by atoms with Gasteiger partial charge in [0.15, 0.2) is 11.5 Å². The number of anilines is 1. The lowest BCUT2D eigenvalue weighted by Crippen LogP contribution is -2.34. The molecule has 1 fully saturated rings. The Morgan fingerprint density at radius 1 is 1.08 bits per heavy atom. The van der Waals surface area contributed by atoms with Gasteiger partial charge in [-0.2, -0.15) is 0 Å². The molecule has 2 amide bonds. The van der Waals surface area contributed by atoms with E-state index in [2.05, 4.69) is 5.32 Å². The number of hydrogen-bond donors (Lipinski definition) is 1. The summed E-state index contributed by atoms with van der Waals surface area (Å²) in [6.07, 6.45) is 1.96. The standard InChI is InChI=1S/C20H22N2O3/c1-14-4-7-16(8-5-14)21-20(23)22-10-2-3-17(22)15-6-9-18-19(13-15)25-12-11-24-18/h4-9,13,17H,2-3,10-12H2,1H3,(H,21,23)/t17-/m0/s1. The zero-order valence-corrected chi connectivity index (χ0v) is 14.3. The predicted octanol–water partition coefficient (Wildman–Crippen LogP) is 4.14. The van der Waals surface area contributed by atoms with E-state index in [-0.39, 0.29) is 12.1 Å². The van der Waals surface area contributed by atoms with Gasteiger partial charge in [0, 0.05) is 12.2 Å². The van der Waals surface area contributed by atoms with Gasteiger partial charge in [0.25, 0.3) is 0 Å². The Kier molecular flexibility index (Phi) is 4.22. The van der Waals surface area contributed by atoms with E-state index >= 15 is 0 Å². The molecule has 5 heteroatoms. The molecule has 2 aliphatic rings. The Labute approximate surface area is 147 Å². The molecule has 0 aromatic heterocycles. The Balaban J connectivity index is 1.51. The fourth-order valence-electron chi connectivity index (χ4n) is 3.46. The Morgan fingerprint density at radius 2 is 1.84 bits per heavy atom. The van der Waals surface area contributed by atoms with Gasteiger partial charge in [-0.05, 0) is 49.6 Å². The van der Waals surface area contributed by atoms with E-state index in [1.807, 2.05) is 54.3 Å². The van der Waals surface area contributed by atoms with Crippen molar-refractivity contribution in [2.24, 2.45) is 0 Å². The normalized spacial score (nSPS) is 18.9. The molecular weight excluding hydrogens is 316 g/mol. The zero-order valence-electron chi connectivity index (χ0n) is 14.3. The van der Waals surface area contributed by atoms with Crippen molar-refractivity contribution in [3.05, 3.63) is 53.6 Å². The van der Waals surface area contributed by atoms with Crippen LogP contribution in [0.5, 0.6) is 11.5 Å². The van der Waals surface area contributed by atoms with E-state index in [1.54, 1.807) is 0 Å².